The minimum atomic E-state index is -3.42. The Bertz CT molecular complexity index is 635. The van der Waals surface area contributed by atoms with Crippen molar-refractivity contribution in [2.75, 3.05) is 17.1 Å². The van der Waals surface area contributed by atoms with Crippen LogP contribution >= 0.6 is 0 Å². The first kappa shape index (κ1) is 12.8. The molecule has 6 heteroatoms. The number of hydrogen-bond donors (Lipinski definition) is 2. The van der Waals surface area contributed by atoms with E-state index in [4.69, 9.17) is 5.11 Å². The number of nitrogens with one attached hydrogen (secondary N) is 1. The Labute approximate surface area is 106 Å². The second-order valence-electron chi connectivity index (χ2n) is 3.90. The summed E-state index contributed by atoms with van der Waals surface area (Å²) in [5.74, 6) is -0.0923. The average molecular weight is 266 g/mol. The predicted octanol–water partition coefficient (Wildman–Crippen LogP) is 1.36. The van der Waals surface area contributed by atoms with Gasteiger partial charge in [0.05, 0.1) is 11.4 Å². The van der Waals surface area contributed by atoms with Crippen LogP contribution in [-0.2, 0) is 10.0 Å². The van der Waals surface area contributed by atoms with E-state index in [0.717, 1.165) is 10.8 Å². The molecule has 0 radical (unpaired) electrons. The molecule has 2 aromatic rings. The van der Waals surface area contributed by atoms with Crippen LogP contribution in [-0.4, -0.2) is 30.9 Å². The lowest BCUT2D eigenvalue weighted by molar-refractivity contribution is 0.295. The van der Waals surface area contributed by atoms with E-state index in [1.165, 1.54) is 0 Å². The van der Waals surface area contributed by atoms with Gasteiger partial charge in [-0.3, -0.25) is 9.71 Å². The summed E-state index contributed by atoms with van der Waals surface area (Å²) in [6, 6.07) is 7.11. The molecule has 0 spiro atoms. The number of benzene rings is 1. The molecule has 96 valence electrons. The van der Waals surface area contributed by atoms with Crippen molar-refractivity contribution >= 4 is 26.5 Å². The zero-order valence-corrected chi connectivity index (χ0v) is 10.5. The normalized spacial score (nSPS) is 11.6. The molecule has 0 saturated carbocycles. The van der Waals surface area contributed by atoms with Gasteiger partial charge in [0.25, 0.3) is 0 Å². The lowest BCUT2D eigenvalue weighted by Crippen LogP contribution is -2.17. The number of sulfonamides is 1. The Kier molecular flexibility index (Phi) is 3.78. The average Bonchev–Trinajstić information content (AvgIpc) is 2.37. The molecule has 0 fully saturated rings. The molecule has 0 unspecified atom stereocenters. The molecular formula is C12H14N2O3S. The van der Waals surface area contributed by atoms with Crippen molar-refractivity contribution in [2.45, 2.75) is 6.42 Å². The highest BCUT2D eigenvalue weighted by Crippen LogP contribution is 2.23. The minimum absolute atomic E-state index is 0.0923. The zero-order valence-electron chi connectivity index (χ0n) is 9.70. The molecule has 5 nitrogen and oxygen atoms in total. The maximum absolute atomic E-state index is 11.8. The van der Waals surface area contributed by atoms with E-state index >= 15 is 0 Å². The number of aliphatic hydroxyl groups excluding tert-OH is 1. The van der Waals surface area contributed by atoms with Gasteiger partial charge in [-0.25, -0.2) is 8.42 Å². The van der Waals surface area contributed by atoms with Gasteiger partial charge in [0.1, 0.15) is 0 Å². The van der Waals surface area contributed by atoms with Crippen LogP contribution in [0.4, 0.5) is 5.69 Å². The van der Waals surface area contributed by atoms with Gasteiger partial charge in [-0.05, 0) is 18.6 Å². The quantitative estimate of drug-likeness (QED) is 0.856. The smallest absolute Gasteiger partial charge is 0.232 e. The van der Waals surface area contributed by atoms with Crippen LogP contribution in [0.25, 0.3) is 10.8 Å². The maximum Gasteiger partial charge on any atom is 0.232 e. The number of pyridine rings is 1. The van der Waals surface area contributed by atoms with Gasteiger partial charge in [0.2, 0.25) is 10.0 Å². The number of hydrogen-bond acceptors (Lipinski definition) is 4. The maximum atomic E-state index is 11.8. The number of aliphatic hydroxyl groups is 1. The summed E-state index contributed by atoms with van der Waals surface area (Å²) in [4.78, 5) is 3.99. The van der Waals surface area contributed by atoms with Crippen molar-refractivity contribution in [1.82, 2.24) is 4.98 Å². The van der Waals surface area contributed by atoms with Gasteiger partial charge >= 0.3 is 0 Å². The number of nitrogens with zero attached hydrogens (tertiary/aromatic N) is 1. The Morgan fingerprint density at radius 2 is 2.11 bits per heavy atom. The monoisotopic (exact) mass is 266 g/mol. The zero-order chi connectivity index (χ0) is 13.0. The number of anilines is 1. The summed E-state index contributed by atoms with van der Waals surface area (Å²) in [6.07, 6.45) is 3.52. The SMILES string of the molecule is O=S(=O)(CCCO)Nc1cccc2cnccc12. The lowest BCUT2D eigenvalue weighted by atomic mass is 10.1. The molecule has 2 rings (SSSR count). The Hall–Kier alpha value is -1.66. The van der Waals surface area contributed by atoms with Crippen molar-refractivity contribution < 1.29 is 13.5 Å². The first-order chi connectivity index (χ1) is 8.62. The third-order valence-electron chi connectivity index (χ3n) is 2.52. The topological polar surface area (TPSA) is 79.3 Å². The van der Waals surface area contributed by atoms with Crippen molar-refractivity contribution in [3.63, 3.8) is 0 Å². The number of rotatable bonds is 5. The van der Waals surface area contributed by atoms with Gasteiger partial charge < -0.3 is 5.11 Å². The highest BCUT2D eigenvalue weighted by Gasteiger charge is 2.11. The van der Waals surface area contributed by atoms with Gasteiger partial charge in [-0.15, -0.1) is 0 Å². The second-order valence-corrected chi connectivity index (χ2v) is 5.74. The van der Waals surface area contributed by atoms with Crippen LogP contribution in [0.2, 0.25) is 0 Å². The van der Waals surface area contributed by atoms with E-state index in [2.05, 4.69) is 9.71 Å². The van der Waals surface area contributed by atoms with E-state index < -0.39 is 10.0 Å². The summed E-state index contributed by atoms with van der Waals surface area (Å²) in [6.45, 7) is -0.139. The van der Waals surface area contributed by atoms with Crippen LogP contribution in [0.3, 0.4) is 0 Å². The molecule has 0 atom stereocenters. The fourth-order valence-electron chi connectivity index (χ4n) is 1.68. The van der Waals surface area contributed by atoms with Crippen LogP contribution in [0.1, 0.15) is 6.42 Å². The summed E-state index contributed by atoms with van der Waals surface area (Å²) in [7, 11) is -3.42. The second kappa shape index (κ2) is 5.32. The summed E-state index contributed by atoms with van der Waals surface area (Å²) in [5.41, 5.74) is 0.535. The molecule has 1 heterocycles. The van der Waals surface area contributed by atoms with Crippen molar-refractivity contribution in [1.29, 1.82) is 0 Å². The molecule has 1 aromatic heterocycles. The van der Waals surface area contributed by atoms with Gasteiger partial charge in [0, 0.05) is 29.8 Å². The summed E-state index contributed by atoms with van der Waals surface area (Å²) >= 11 is 0. The minimum Gasteiger partial charge on any atom is -0.396 e. The molecule has 18 heavy (non-hydrogen) atoms. The van der Waals surface area contributed by atoms with Crippen LogP contribution in [0.5, 0.6) is 0 Å². The third-order valence-corrected chi connectivity index (χ3v) is 3.87. The number of aromatic nitrogens is 1. The van der Waals surface area contributed by atoms with Crippen molar-refractivity contribution in [2.24, 2.45) is 0 Å². The summed E-state index contributed by atoms with van der Waals surface area (Å²) in [5, 5.41) is 10.3. The van der Waals surface area contributed by atoms with Crippen LogP contribution in [0, 0.1) is 0 Å². The molecule has 0 aliphatic heterocycles. The molecule has 0 aliphatic rings. The lowest BCUT2D eigenvalue weighted by Gasteiger charge is -2.09. The Balaban J connectivity index is 2.32. The summed E-state index contributed by atoms with van der Waals surface area (Å²) < 4.78 is 26.1. The number of fused-ring (bicyclic) bond motifs is 1. The molecule has 0 amide bonds. The fraction of sp³-hybridized carbons (Fsp3) is 0.250. The van der Waals surface area contributed by atoms with Gasteiger partial charge in [0.15, 0.2) is 0 Å². The van der Waals surface area contributed by atoms with Crippen LogP contribution in [0.15, 0.2) is 36.7 Å². The van der Waals surface area contributed by atoms with E-state index in [1.54, 1.807) is 30.6 Å². The van der Waals surface area contributed by atoms with Crippen molar-refractivity contribution in [3.8, 4) is 0 Å². The largest absolute Gasteiger partial charge is 0.396 e. The predicted molar refractivity (Wildman–Crippen MR) is 70.9 cm³/mol. The van der Waals surface area contributed by atoms with Gasteiger partial charge in [-0.2, -0.15) is 0 Å². The molecule has 0 bridgehead atoms. The molecule has 0 saturated heterocycles. The standard InChI is InChI=1S/C12H14N2O3S/c15-7-2-8-18(16,17)14-12-4-1-3-10-9-13-6-5-11(10)12/h1,3-6,9,14-15H,2,7-8H2. The highest BCUT2D eigenvalue weighted by molar-refractivity contribution is 7.92. The molecular weight excluding hydrogens is 252 g/mol. The Morgan fingerprint density at radius 3 is 2.89 bits per heavy atom. The first-order valence-corrected chi connectivity index (χ1v) is 7.22. The van der Waals surface area contributed by atoms with E-state index in [-0.39, 0.29) is 18.8 Å². The van der Waals surface area contributed by atoms with E-state index in [0.29, 0.717) is 5.69 Å². The van der Waals surface area contributed by atoms with E-state index in [9.17, 15) is 8.42 Å². The highest BCUT2D eigenvalue weighted by atomic mass is 32.2. The Morgan fingerprint density at radius 1 is 1.28 bits per heavy atom. The molecule has 0 aliphatic carbocycles. The van der Waals surface area contributed by atoms with Crippen LogP contribution < -0.4 is 4.72 Å². The van der Waals surface area contributed by atoms with Gasteiger partial charge in [-0.1, -0.05) is 12.1 Å². The molecule has 2 N–H and O–H groups in total. The first-order valence-electron chi connectivity index (χ1n) is 5.56. The van der Waals surface area contributed by atoms with Crippen molar-refractivity contribution in [3.05, 3.63) is 36.7 Å². The third kappa shape index (κ3) is 2.96. The molecule has 1 aromatic carbocycles. The van der Waals surface area contributed by atoms with E-state index in [1.807, 2.05) is 6.07 Å². The fourth-order valence-corrected chi connectivity index (χ4v) is 2.81.